The van der Waals surface area contributed by atoms with Crippen LogP contribution in [0.4, 0.5) is 10.1 Å². The molecule has 4 rings (SSSR count). The average Bonchev–Trinajstić information content (AvgIpc) is 2.75. The first-order valence-corrected chi connectivity index (χ1v) is 10.0. The number of rotatable bonds is 4. The van der Waals surface area contributed by atoms with E-state index in [0.717, 1.165) is 19.3 Å². The number of piperidine rings is 1. The van der Waals surface area contributed by atoms with Crippen molar-refractivity contribution in [1.82, 2.24) is 9.47 Å². The van der Waals surface area contributed by atoms with Gasteiger partial charge < -0.3 is 10.2 Å². The third kappa shape index (κ3) is 4.10. The molecule has 0 unspecified atom stereocenters. The molecule has 6 nitrogen and oxygen atoms in total. The first-order valence-electron chi connectivity index (χ1n) is 10.0. The maximum atomic E-state index is 13.3. The first-order chi connectivity index (χ1) is 14.5. The van der Waals surface area contributed by atoms with Crippen molar-refractivity contribution in [3.05, 3.63) is 76.3 Å². The van der Waals surface area contributed by atoms with Gasteiger partial charge in [0, 0.05) is 30.2 Å². The molecule has 154 valence electrons. The van der Waals surface area contributed by atoms with Crippen LogP contribution in [-0.4, -0.2) is 34.4 Å². The topological polar surface area (TPSA) is 71.4 Å². The van der Waals surface area contributed by atoms with Crippen LogP contribution in [-0.2, 0) is 11.3 Å². The lowest BCUT2D eigenvalue weighted by Crippen LogP contribution is -2.37. The minimum absolute atomic E-state index is 0.153. The largest absolute Gasteiger partial charge is 0.339 e. The number of nitrogens with zero attached hydrogens (tertiary/aromatic N) is 2. The predicted octanol–water partition coefficient (Wildman–Crippen LogP) is 3.41. The van der Waals surface area contributed by atoms with Crippen LogP contribution in [0, 0.1) is 5.82 Å². The standard InChI is InChI=1S/C23H22FN3O3/c24-16-7-6-8-17(13-16)25-21(28)15-27-20-10-3-2-9-18(20)19(14-22(27)29)23(30)26-11-4-1-5-12-26/h2-3,6-10,13-14H,1,4-5,11-12,15H2,(H,25,28). The minimum Gasteiger partial charge on any atom is -0.339 e. The quantitative estimate of drug-likeness (QED) is 0.721. The van der Waals surface area contributed by atoms with Crippen molar-refractivity contribution in [2.24, 2.45) is 0 Å². The molecule has 0 aliphatic carbocycles. The van der Waals surface area contributed by atoms with Crippen molar-refractivity contribution < 1.29 is 14.0 Å². The van der Waals surface area contributed by atoms with Gasteiger partial charge in [-0.15, -0.1) is 0 Å². The molecule has 1 aromatic heterocycles. The van der Waals surface area contributed by atoms with Crippen molar-refractivity contribution in [2.45, 2.75) is 25.8 Å². The monoisotopic (exact) mass is 407 g/mol. The molecule has 1 aliphatic heterocycles. The van der Waals surface area contributed by atoms with Gasteiger partial charge in [0.05, 0.1) is 11.1 Å². The van der Waals surface area contributed by atoms with E-state index in [0.29, 0.717) is 35.2 Å². The van der Waals surface area contributed by atoms with Crippen molar-refractivity contribution in [1.29, 1.82) is 0 Å². The number of likely N-dealkylation sites (tertiary alicyclic amines) is 1. The van der Waals surface area contributed by atoms with Crippen LogP contribution in [0.3, 0.4) is 0 Å². The summed E-state index contributed by atoms with van der Waals surface area (Å²) >= 11 is 0. The highest BCUT2D eigenvalue weighted by atomic mass is 19.1. The molecule has 0 atom stereocenters. The molecule has 2 aromatic carbocycles. The number of para-hydroxylation sites is 1. The van der Waals surface area contributed by atoms with Crippen LogP contribution in [0.5, 0.6) is 0 Å². The number of pyridine rings is 1. The number of nitrogens with one attached hydrogen (secondary N) is 1. The third-order valence-corrected chi connectivity index (χ3v) is 5.30. The highest BCUT2D eigenvalue weighted by molar-refractivity contribution is 6.06. The number of halogens is 1. The predicted molar refractivity (Wildman–Crippen MR) is 113 cm³/mol. The van der Waals surface area contributed by atoms with Crippen molar-refractivity contribution in [2.75, 3.05) is 18.4 Å². The Kier molecular flexibility index (Phi) is 5.61. The molecule has 2 amide bonds. The van der Waals surface area contributed by atoms with Gasteiger partial charge >= 0.3 is 0 Å². The van der Waals surface area contributed by atoms with E-state index in [1.807, 2.05) is 0 Å². The summed E-state index contributed by atoms with van der Waals surface area (Å²) in [6, 6.07) is 13.9. The van der Waals surface area contributed by atoms with Gasteiger partial charge in [-0.25, -0.2) is 4.39 Å². The third-order valence-electron chi connectivity index (χ3n) is 5.30. The number of carbonyl (C=O) groups excluding carboxylic acids is 2. The van der Waals surface area contributed by atoms with Gasteiger partial charge in [0.1, 0.15) is 12.4 Å². The van der Waals surface area contributed by atoms with Crippen molar-refractivity contribution in [3.63, 3.8) is 0 Å². The number of benzene rings is 2. The second-order valence-corrected chi connectivity index (χ2v) is 7.41. The highest BCUT2D eigenvalue weighted by Crippen LogP contribution is 2.21. The molecule has 1 fully saturated rings. The number of fused-ring (bicyclic) bond motifs is 1. The molecule has 1 aliphatic rings. The number of hydrogen-bond donors (Lipinski definition) is 1. The highest BCUT2D eigenvalue weighted by Gasteiger charge is 2.22. The summed E-state index contributed by atoms with van der Waals surface area (Å²) in [7, 11) is 0. The normalized spacial score (nSPS) is 14.0. The Morgan fingerprint density at radius 1 is 0.967 bits per heavy atom. The molecule has 0 radical (unpaired) electrons. The van der Waals surface area contributed by atoms with Crippen LogP contribution in [0.1, 0.15) is 29.6 Å². The van der Waals surface area contributed by atoms with E-state index < -0.39 is 17.3 Å². The second-order valence-electron chi connectivity index (χ2n) is 7.41. The lowest BCUT2D eigenvalue weighted by Gasteiger charge is -2.27. The van der Waals surface area contributed by atoms with Gasteiger partial charge in [0.15, 0.2) is 0 Å². The summed E-state index contributed by atoms with van der Waals surface area (Å²) in [4.78, 5) is 40.1. The van der Waals surface area contributed by atoms with E-state index in [4.69, 9.17) is 0 Å². The van der Waals surface area contributed by atoms with E-state index in [2.05, 4.69) is 5.32 Å². The zero-order valence-electron chi connectivity index (χ0n) is 16.4. The van der Waals surface area contributed by atoms with Gasteiger partial charge in [0.25, 0.3) is 11.5 Å². The smallest absolute Gasteiger partial charge is 0.254 e. The van der Waals surface area contributed by atoms with Gasteiger partial charge in [-0.1, -0.05) is 24.3 Å². The number of hydrogen-bond acceptors (Lipinski definition) is 3. The summed E-state index contributed by atoms with van der Waals surface area (Å²) in [5.41, 5.74) is 0.761. The molecule has 3 aromatic rings. The van der Waals surface area contributed by atoms with E-state index in [1.165, 1.54) is 28.8 Å². The second kappa shape index (κ2) is 8.49. The van der Waals surface area contributed by atoms with Crippen LogP contribution >= 0.6 is 0 Å². The molecule has 0 spiro atoms. The summed E-state index contributed by atoms with van der Waals surface area (Å²) in [6.45, 7) is 1.13. The molecular weight excluding hydrogens is 385 g/mol. The Balaban J connectivity index is 1.66. The summed E-state index contributed by atoms with van der Waals surface area (Å²) in [6.07, 6.45) is 3.02. The van der Waals surface area contributed by atoms with Gasteiger partial charge in [-0.3, -0.25) is 19.0 Å². The summed E-state index contributed by atoms with van der Waals surface area (Å²) in [5, 5.41) is 3.23. The fourth-order valence-corrected chi connectivity index (χ4v) is 3.85. The molecule has 7 heteroatoms. The van der Waals surface area contributed by atoms with Crippen LogP contribution in [0.2, 0.25) is 0 Å². The van der Waals surface area contributed by atoms with E-state index >= 15 is 0 Å². The Morgan fingerprint density at radius 2 is 1.73 bits per heavy atom. The SMILES string of the molecule is O=C(Cn1c(=O)cc(C(=O)N2CCCCC2)c2ccccc21)Nc1cccc(F)c1. The fraction of sp³-hybridized carbons (Fsp3) is 0.261. The van der Waals surface area contributed by atoms with Crippen LogP contribution < -0.4 is 10.9 Å². The minimum atomic E-state index is -0.462. The first kappa shape index (κ1) is 19.8. The number of aromatic nitrogens is 1. The zero-order chi connectivity index (χ0) is 21.1. The van der Waals surface area contributed by atoms with Crippen LogP contribution in [0.25, 0.3) is 10.9 Å². The molecule has 1 saturated heterocycles. The number of amides is 2. The van der Waals surface area contributed by atoms with Gasteiger partial charge in [-0.2, -0.15) is 0 Å². The van der Waals surface area contributed by atoms with E-state index in [-0.39, 0.29) is 12.5 Å². The molecule has 30 heavy (non-hydrogen) atoms. The average molecular weight is 407 g/mol. The van der Waals surface area contributed by atoms with Crippen LogP contribution in [0.15, 0.2) is 59.4 Å². The maximum absolute atomic E-state index is 13.3. The molecular formula is C23H22FN3O3. The Bertz CT molecular complexity index is 1170. The molecule has 0 saturated carbocycles. The Hall–Kier alpha value is -3.48. The van der Waals surface area contributed by atoms with Crippen molar-refractivity contribution >= 4 is 28.4 Å². The summed E-state index contributed by atoms with van der Waals surface area (Å²) in [5.74, 6) is -1.07. The van der Waals surface area contributed by atoms with Gasteiger partial charge in [-0.05, 0) is 43.5 Å². The molecule has 0 bridgehead atoms. The lowest BCUT2D eigenvalue weighted by atomic mass is 10.0. The molecule has 1 N–H and O–H groups in total. The molecule has 2 heterocycles. The number of carbonyl (C=O) groups is 2. The van der Waals surface area contributed by atoms with Crippen molar-refractivity contribution in [3.8, 4) is 0 Å². The fourth-order valence-electron chi connectivity index (χ4n) is 3.85. The Labute approximate surface area is 172 Å². The Morgan fingerprint density at radius 3 is 2.50 bits per heavy atom. The lowest BCUT2D eigenvalue weighted by molar-refractivity contribution is -0.116. The van der Waals surface area contributed by atoms with E-state index in [9.17, 15) is 18.8 Å². The zero-order valence-corrected chi connectivity index (χ0v) is 16.4. The van der Waals surface area contributed by atoms with Gasteiger partial charge in [0.2, 0.25) is 5.91 Å². The van der Waals surface area contributed by atoms with E-state index in [1.54, 1.807) is 35.2 Å². The number of anilines is 1. The summed E-state index contributed by atoms with van der Waals surface area (Å²) < 4.78 is 14.7. The maximum Gasteiger partial charge on any atom is 0.254 e.